The molecule has 3 atom stereocenters. The van der Waals surface area contributed by atoms with Crippen LogP contribution in [-0.2, 0) is 6.54 Å². The predicted molar refractivity (Wildman–Crippen MR) is 114 cm³/mol. The van der Waals surface area contributed by atoms with Crippen LogP contribution in [-0.4, -0.2) is 27.5 Å². The highest BCUT2D eigenvalue weighted by Gasteiger charge is 2.56. The summed E-state index contributed by atoms with van der Waals surface area (Å²) in [5.74, 6) is 2.45. The van der Waals surface area contributed by atoms with Gasteiger partial charge in [0.15, 0.2) is 0 Å². The van der Waals surface area contributed by atoms with Gasteiger partial charge in [-0.2, -0.15) is 5.10 Å². The first-order valence-electron chi connectivity index (χ1n) is 8.86. The molecule has 0 radical (unpaired) electrons. The molecule has 0 spiro atoms. The van der Waals surface area contributed by atoms with Crippen LogP contribution in [0.15, 0.2) is 48.7 Å². The molecule has 2 aliphatic rings. The fraction of sp³-hybridized carbons (Fsp3) is 0.350. The van der Waals surface area contributed by atoms with Gasteiger partial charge in [0.1, 0.15) is 0 Å². The summed E-state index contributed by atoms with van der Waals surface area (Å²) in [5.41, 5.74) is 5.75. The van der Waals surface area contributed by atoms with E-state index in [1.807, 2.05) is 6.20 Å². The topological polar surface area (TPSA) is 21.1 Å². The standard InChI is InChI=1S/C20H21IN3P/c1-13-7-15-9-22-24(25-21)19(15)8-16(13)20-17-11-23(12-18(17)20)10-14-5-3-2-4-6-14/h2-9,17-18,20,25H,10-12H2,1H3. The zero-order valence-corrected chi connectivity index (χ0v) is 17.3. The largest absolute Gasteiger partial charge is 0.298 e. The maximum Gasteiger partial charge on any atom is 0.0732 e. The van der Waals surface area contributed by atoms with E-state index in [0.29, 0.717) is 6.37 Å². The lowest BCUT2D eigenvalue weighted by Gasteiger charge is -2.20. The summed E-state index contributed by atoms with van der Waals surface area (Å²) in [6, 6.07) is 15.6. The first-order chi connectivity index (χ1) is 12.2. The number of fused-ring (bicyclic) bond motifs is 2. The van der Waals surface area contributed by atoms with E-state index in [2.05, 4.69) is 85.9 Å². The Morgan fingerprint density at radius 1 is 1.16 bits per heavy atom. The van der Waals surface area contributed by atoms with Crippen LogP contribution in [0.25, 0.3) is 10.9 Å². The average molecular weight is 461 g/mol. The number of hydrogen-bond acceptors (Lipinski definition) is 2. The van der Waals surface area contributed by atoms with Crippen molar-refractivity contribution >= 4 is 39.3 Å². The van der Waals surface area contributed by atoms with Gasteiger partial charge >= 0.3 is 0 Å². The first kappa shape index (κ1) is 16.2. The fourth-order valence-electron chi connectivity index (χ4n) is 4.68. The van der Waals surface area contributed by atoms with Gasteiger partial charge in [-0.1, -0.05) is 30.3 Å². The molecule has 1 aliphatic heterocycles. The van der Waals surface area contributed by atoms with E-state index in [4.69, 9.17) is 0 Å². The summed E-state index contributed by atoms with van der Waals surface area (Å²) < 4.78 is 2.14. The molecule has 0 bridgehead atoms. The van der Waals surface area contributed by atoms with Crippen LogP contribution in [0, 0.1) is 18.8 Å². The number of aryl methyl sites for hydroxylation is 1. The van der Waals surface area contributed by atoms with Gasteiger partial charge in [-0.3, -0.25) is 4.90 Å². The van der Waals surface area contributed by atoms with Crippen LogP contribution in [0.2, 0.25) is 0 Å². The molecule has 0 N–H and O–H groups in total. The second-order valence-corrected chi connectivity index (χ2v) is 9.48. The predicted octanol–water partition coefficient (Wildman–Crippen LogP) is 4.98. The van der Waals surface area contributed by atoms with Crippen molar-refractivity contribution in [2.75, 3.05) is 13.1 Å². The number of rotatable bonds is 4. The molecule has 2 heterocycles. The molecule has 2 aromatic carbocycles. The second kappa shape index (κ2) is 6.33. The number of nitrogens with zero attached hydrogens (tertiary/aromatic N) is 3. The lowest BCUT2D eigenvalue weighted by atomic mass is 9.99. The Bertz CT molecular complexity index is 911. The van der Waals surface area contributed by atoms with E-state index >= 15 is 0 Å². The van der Waals surface area contributed by atoms with Crippen LogP contribution in [0.3, 0.4) is 0 Å². The van der Waals surface area contributed by atoms with Crippen molar-refractivity contribution in [2.24, 2.45) is 11.8 Å². The Morgan fingerprint density at radius 2 is 1.92 bits per heavy atom. The molecule has 5 rings (SSSR count). The van der Waals surface area contributed by atoms with Gasteiger partial charge in [0.25, 0.3) is 0 Å². The molecule has 3 aromatic rings. The fourth-order valence-corrected chi connectivity index (χ4v) is 6.22. The zero-order chi connectivity index (χ0) is 17.0. The SMILES string of the molecule is Cc1cc2cnn(PI)c2cc1C1C2CN(Cc3ccccc3)CC21. The summed E-state index contributed by atoms with van der Waals surface area (Å²) in [5, 5.41) is 5.80. The van der Waals surface area contributed by atoms with Crippen molar-refractivity contribution in [1.29, 1.82) is 0 Å². The summed E-state index contributed by atoms with van der Waals surface area (Å²) in [4.78, 5) is 2.63. The minimum atomic E-state index is 0.665. The van der Waals surface area contributed by atoms with Crippen molar-refractivity contribution in [1.82, 2.24) is 14.5 Å². The molecule has 1 saturated heterocycles. The molecule has 3 nitrogen and oxygen atoms in total. The van der Waals surface area contributed by atoms with Crippen molar-refractivity contribution in [2.45, 2.75) is 19.4 Å². The Kier molecular flexibility index (Phi) is 4.11. The average Bonchev–Trinajstić information content (AvgIpc) is 2.96. The number of piperidine rings is 1. The molecule has 25 heavy (non-hydrogen) atoms. The van der Waals surface area contributed by atoms with Crippen LogP contribution in [0.4, 0.5) is 0 Å². The Balaban J connectivity index is 1.34. The number of hydrogen-bond donors (Lipinski definition) is 0. The molecule has 5 heteroatoms. The molecule has 2 fully saturated rings. The van der Waals surface area contributed by atoms with Gasteiger partial charge in [-0.25, -0.2) is 4.45 Å². The number of aromatic nitrogens is 2. The van der Waals surface area contributed by atoms with E-state index in [0.717, 1.165) is 24.3 Å². The third-order valence-corrected chi connectivity index (χ3v) is 7.80. The molecule has 1 aliphatic carbocycles. The van der Waals surface area contributed by atoms with Gasteiger partial charge in [-0.15, -0.1) is 0 Å². The Morgan fingerprint density at radius 3 is 2.64 bits per heavy atom. The number of halogens is 1. The molecule has 1 saturated carbocycles. The Hall–Kier alpha value is -0.970. The van der Waals surface area contributed by atoms with Gasteiger partial charge in [-0.05, 0) is 75.5 Å². The van der Waals surface area contributed by atoms with E-state index < -0.39 is 0 Å². The van der Waals surface area contributed by atoms with Crippen molar-refractivity contribution < 1.29 is 0 Å². The minimum Gasteiger partial charge on any atom is -0.298 e. The van der Waals surface area contributed by atoms with Crippen molar-refractivity contribution in [3.63, 3.8) is 0 Å². The molecule has 0 amide bonds. The highest BCUT2D eigenvalue weighted by Crippen LogP contribution is 2.59. The summed E-state index contributed by atoms with van der Waals surface area (Å²) >= 11 is 2.41. The van der Waals surface area contributed by atoms with Crippen LogP contribution >= 0.6 is 28.4 Å². The van der Waals surface area contributed by atoms with Crippen molar-refractivity contribution in [3.8, 4) is 0 Å². The molecular weight excluding hydrogens is 440 g/mol. The third-order valence-electron chi connectivity index (χ3n) is 5.91. The highest BCUT2D eigenvalue weighted by molar-refractivity contribution is 14.2. The van der Waals surface area contributed by atoms with Gasteiger partial charge in [0.05, 0.1) is 18.1 Å². The summed E-state index contributed by atoms with van der Waals surface area (Å²) in [7, 11) is 0. The molecule has 128 valence electrons. The lowest BCUT2D eigenvalue weighted by Crippen LogP contribution is -2.23. The summed E-state index contributed by atoms with van der Waals surface area (Å²) in [6.45, 7) is 5.86. The van der Waals surface area contributed by atoms with E-state index in [1.165, 1.54) is 35.1 Å². The molecule has 3 unspecified atom stereocenters. The smallest absolute Gasteiger partial charge is 0.0732 e. The van der Waals surface area contributed by atoms with E-state index in [1.54, 1.807) is 5.56 Å². The highest BCUT2D eigenvalue weighted by atomic mass is 127. The normalized spacial score (nSPS) is 25.9. The first-order valence-corrected chi connectivity index (χ1v) is 12.9. The monoisotopic (exact) mass is 461 g/mol. The van der Waals surface area contributed by atoms with Crippen LogP contribution in [0.5, 0.6) is 0 Å². The Labute approximate surface area is 163 Å². The summed E-state index contributed by atoms with van der Waals surface area (Å²) in [6.07, 6.45) is 2.67. The zero-order valence-electron chi connectivity index (χ0n) is 14.2. The maximum absolute atomic E-state index is 4.52. The second-order valence-electron chi connectivity index (χ2n) is 7.44. The molecular formula is C20H21IN3P. The van der Waals surface area contributed by atoms with E-state index in [9.17, 15) is 0 Å². The van der Waals surface area contributed by atoms with Gasteiger partial charge in [0, 0.05) is 25.0 Å². The van der Waals surface area contributed by atoms with Crippen molar-refractivity contribution in [3.05, 3.63) is 65.4 Å². The molecule has 1 aromatic heterocycles. The van der Waals surface area contributed by atoms with Crippen LogP contribution < -0.4 is 0 Å². The maximum atomic E-state index is 4.52. The lowest BCUT2D eigenvalue weighted by molar-refractivity contribution is 0.290. The third kappa shape index (κ3) is 2.83. The number of benzene rings is 2. The van der Waals surface area contributed by atoms with E-state index in [-0.39, 0.29) is 0 Å². The van der Waals surface area contributed by atoms with Crippen LogP contribution in [0.1, 0.15) is 22.6 Å². The number of likely N-dealkylation sites (tertiary alicyclic amines) is 1. The van der Waals surface area contributed by atoms with Gasteiger partial charge in [0.2, 0.25) is 0 Å². The minimum absolute atomic E-state index is 0.665. The van der Waals surface area contributed by atoms with Gasteiger partial charge < -0.3 is 0 Å². The quantitative estimate of drug-likeness (QED) is 0.404.